The van der Waals surface area contributed by atoms with Gasteiger partial charge >= 0.3 is 6.09 Å². The van der Waals surface area contributed by atoms with Crippen LogP contribution in [0.15, 0.2) is 0 Å². The summed E-state index contributed by atoms with van der Waals surface area (Å²) in [4.78, 5) is 11.0. The zero-order chi connectivity index (χ0) is 11.1. The Morgan fingerprint density at radius 3 is 2.73 bits per heavy atom. The molecule has 6 heteroatoms. The first-order valence-electron chi connectivity index (χ1n) is 5.12. The Balaban J connectivity index is 2.25. The molecule has 1 amide bonds. The Morgan fingerprint density at radius 2 is 2.20 bits per heavy atom. The topological polar surface area (TPSA) is 72.5 Å². The van der Waals surface area contributed by atoms with Gasteiger partial charge < -0.3 is 10.1 Å². The Morgan fingerprint density at radius 1 is 1.47 bits per heavy atom. The van der Waals surface area contributed by atoms with Crippen molar-refractivity contribution in [2.45, 2.75) is 37.0 Å². The van der Waals surface area contributed by atoms with E-state index in [0.29, 0.717) is 6.42 Å². The second-order valence-electron chi connectivity index (χ2n) is 4.41. The van der Waals surface area contributed by atoms with E-state index in [1.807, 2.05) is 0 Å². The number of rotatable bonds is 1. The molecule has 86 valence electrons. The van der Waals surface area contributed by atoms with E-state index >= 15 is 0 Å². The van der Waals surface area contributed by atoms with Gasteiger partial charge in [0.25, 0.3) is 0 Å². The standard InChI is InChI=1S/C9H15NO4S/c1-9(6-10-8(11)14-9)7-4-2-3-5-15(7,12)13/h7H,2-6H2,1H3,(H,10,11). The third-order valence-corrected chi connectivity index (χ3v) is 5.63. The molecule has 0 aromatic heterocycles. The molecule has 0 spiro atoms. The van der Waals surface area contributed by atoms with Crippen molar-refractivity contribution in [3.63, 3.8) is 0 Å². The Labute approximate surface area is 89.1 Å². The summed E-state index contributed by atoms with van der Waals surface area (Å²) in [5.74, 6) is 0.213. The van der Waals surface area contributed by atoms with E-state index in [9.17, 15) is 13.2 Å². The van der Waals surface area contributed by atoms with Crippen molar-refractivity contribution < 1.29 is 17.9 Å². The van der Waals surface area contributed by atoms with Crippen molar-refractivity contribution in [1.29, 1.82) is 0 Å². The summed E-state index contributed by atoms with van der Waals surface area (Å²) in [5.41, 5.74) is -0.879. The highest BCUT2D eigenvalue weighted by molar-refractivity contribution is 7.92. The summed E-state index contributed by atoms with van der Waals surface area (Å²) in [6, 6.07) is 0. The van der Waals surface area contributed by atoms with Gasteiger partial charge in [-0.2, -0.15) is 0 Å². The van der Waals surface area contributed by atoms with Gasteiger partial charge in [-0.05, 0) is 19.8 Å². The molecule has 2 saturated heterocycles. The first-order chi connectivity index (χ1) is 6.94. The zero-order valence-electron chi connectivity index (χ0n) is 8.65. The molecule has 0 radical (unpaired) electrons. The van der Waals surface area contributed by atoms with Gasteiger partial charge in [0.15, 0.2) is 9.84 Å². The molecule has 0 aromatic carbocycles. The largest absolute Gasteiger partial charge is 0.440 e. The van der Waals surface area contributed by atoms with E-state index in [1.165, 1.54) is 0 Å². The number of hydrogen-bond donors (Lipinski definition) is 1. The number of alkyl carbamates (subject to hydrolysis) is 1. The van der Waals surface area contributed by atoms with Crippen LogP contribution in [-0.4, -0.2) is 37.7 Å². The van der Waals surface area contributed by atoms with Gasteiger partial charge in [-0.15, -0.1) is 0 Å². The molecule has 1 N–H and O–H groups in total. The van der Waals surface area contributed by atoms with Crippen molar-refractivity contribution in [3.8, 4) is 0 Å². The third kappa shape index (κ3) is 1.82. The zero-order valence-corrected chi connectivity index (χ0v) is 9.47. The van der Waals surface area contributed by atoms with Crippen molar-refractivity contribution in [1.82, 2.24) is 5.32 Å². The fraction of sp³-hybridized carbons (Fsp3) is 0.889. The highest BCUT2D eigenvalue weighted by atomic mass is 32.2. The molecular formula is C9H15NO4S. The predicted octanol–water partition coefficient (Wildman–Crippen LogP) is 0.452. The molecule has 2 heterocycles. The van der Waals surface area contributed by atoms with E-state index < -0.39 is 26.8 Å². The average Bonchev–Trinajstić information content (AvgIpc) is 2.46. The van der Waals surface area contributed by atoms with E-state index in [0.717, 1.165) is 12.8 Å². The van der Waals surface area contributed by atoms with Gasteiger partial charge in [0.05, 0.1) is 12.3 Å². The second-order valence-corrected chi connectivity index (χ2v) is 6.71. The SMILES string of the molecule is CC1(C2CCCCS2(=O)=O)CNC(=O)O1. The summed E-state index contributed by atoms with van der Waals surface area (Å²) in [7, 11) is -3.11. The molecule has 2 aliphatic heterocycles. The summed E-state index contributed by atoms with van der Waals surface area (Å²) >= 11 is 0. The molecule has 15 heavy (non-hydrogen) atoms. The van der Waals surface area contributed by atoms with Crippen LogP contribution < -0.4 is 5.32 Å². The second kappa shape index (κ2) is 3.37. The van der Waals surface area contributed by atoms with Crippen LogP contribution in [0.5, 0.6) is 0 Å². The number of nitrogens with one attached hydrogen (secondary N) is 1. The molecule has 2 unspecified atom stereocenters. The fourth-order valence-electron chi connectivity index (χ4n) is 2.35. The molecule has 2 fully saturated rings. The molecule has 0 aliphatic carbocycles. The lowest BCUT2D eigenvalue weighted by Gasteiger charge is -2.33. The lowest BCUT2D eigenvalue weighted by Crippen LogP contribution is -2.49. The lowest BCUT2D eigenvalue weighted by atomic mass is 9.97. The van der Waals surface area contributed by atoms with Crippen LogP contribution in [0.4, 0.5) is 4.79 Å². The van der Waals surface area contributed by atoms with Gasteiger partial charge in [0, 0.05) is 0 Å². The Kier molecular flexibility index (Phi) is 2.41. The predicted molar refractivity (Wildman–Crippen MR) is 54.3 cm³/mol. The molecule has 5 nitrogen and oxygen atoms in total. The molecule has 0 aromatic rings. The summed E-state index contributed by atoms with van der Waals surface area (Å²) in [6.07, 6.45) is 1.68. The molecule has 2 rings (SSSR count). The van der Waals surface area contributed by atoms with Crippen LogP contribution in [0.2, 0.25) is 0 Å². The quantitative estimate of drug-likeness (QED) is 0.713. The molecule has 0 bridgehead atoms. The minimum atomic E-state index is -3.11. The molecular weight excluding hydrogens is 218 g/mol. The van der Waals surface area contributed by atoms with Crippen molar-refractivity contribution >= 4 is 15.9 Å². The first-order valence-corrected chi connectivity index (χ1v) is 6.84. The van der Waals surface area contributed by atoms with Gasteiger partial charge in [0.2, 0.25) is 0 Å². The van der Waals surface area contributed by atoms with Crippen LogP contribution in [0.25, 0.3) is 0 Å². The average molecular weight is 233 g/mol. The van der Waals surface area contributed by atoms with Crippen LogP contribution >= 0.6 is 0 Å². The van der Waals surface area contributed by atoms with Crippen LogP contribution in [0.3, 0.4) is 0 Å². The smallest absolute Gasteiger partial charge is 0.407 e. The van der Waals surface area contributed by atoms with E-state index in [4.69, 9.17) is 4.74 Å². The maximum atomic E-state index is 11.9. The Bertz CT molecular complexity index is 378. The normalized spacial score (nSPS) is 39.5. The van der Waals surface area contributed by atoms with Crippen LogP contribution in [-0.2, 0) is 14.6 Å². The van der Waals surface area contributed by atoms with Gasteiger partial charge in [-0.25, -0.2) is 13.2 Å². The van der Waals surface area contributed by atoms with E-state index in [-0.39, 0.29) is 12.3 Å². The summed E-state index contributed by atoms with van der Waals surface area (Å²) in [6.45, 7) is 1.98. The van der Waals surface area contributed by atoms with Crippen LogP contribution in [0, 0.1) is 0 Å². The third-order valence-electron chi connectivity index (χ3n) is 3.17. The first kappa shape index (κ1) is 10.7. The number of carbonyl (C=O) groups excluding carboxylic acids is 1. The Hall–Kier alpha value is -0.780. The van der Waals surface area contributed by atoms with Gasteiger partial charge in [0.1, 0.15) is 10.9 Å². The highest BCUT2D eigenvalue weighted by Gasteiger charge is 2.49. The summed E-state index contributed by atoms with van der Waals surface area (Å²) in [5, 5.41) is 1.98. The van der Waals surface area contributed by atoms with Crippen molar-refractivity contribution in [2.24, 2.45) is 0 Å². The number of cyclic esters (lactones) is 1. The maximum Gasteiger partial charge on any atom is 0.407 e. The summed E-state index contributed by atoms with van der Waals surface area (Å²) < 4.78 is 28.8. The molecule has 2 atom stereocenters. The van der Waals surface area contributed by atoms with E-state index in [2.05, 4.69) is 5.32 Å². The monoisotopic (exact) mass is 233 g/mol. The van der Waals surface area contributed by atoms with Crippen LogP contribution in [0.1, 0.15) is 26.2 Å². The van der Waals surface area contributed by atoms with E-state index in [1.54, 1.807) is 6.92 Å². The number of hydrogen-bond acceptors (Lipinski definition) is 4. The lowest BCUT2D eigenvalue weighted by molar-refractivity contribution is 0.0647. The minimum absolute atomic E-state index is 0.213. The number of carbonyl (C=O) groups is 1. The fourth-order valence-corrected chi connectivity index (χ4v) is 4.66. The van der Waals surface area contributed by atoms with Crippen molar-refractivity contribution in [3.05, 3.63) is 0 Å². The number of amides is 1. The van der Waals surface area contributed by atoms with Gasteiger partial charge in [-0.3, -0.25) is 0 Å². The highest BCUT2D eigenvalue weighted by Crippen LogP contribution is 2.32. The van der Waals surface area contributed by atoms with Gasteiger partial charge in [-0.1, -0.05) is 6.42 Å². The minimum Gasteiger partial charge on any atom is -0.440 e. The molecule has 0 saturated carbocycles. The molecule has 2 aliphatic rings. The van der Waals surface area contributed by atoms with Crippen molar-refractivity contribution in [2.75, 3.05) is 12.3 Å². The maximum absolute atomic E-state index is 11.9. The number of sulfone groups is 1. The number of ether oxygens (including phenoxy) is 1.